The molecule has 0 aliphatic carbocycles. The van der Waals surface area contributed by atoms with Crippen molar-refractivity contribution in [1.82, 2.24) is 19.6 Å². The first-order chi connectivity index (χ1) is 11.5. The number of hydrogen-bond acceptors (Lipinski definition) is 3. The third-order valence-corrected chi connectivity index (χ3v) is 3.89. The van der Waals surface area contributed by atoms with Crippen molar-refractivity contribution in [2.75, 3.05) is 26.2 Å². The summed E-state index contributed by atoms with van der Waals surface area (Å²) in [6, 6.07) is 0.844. The maximum Gasteiger partial charge on any atom is 0.435 e. The van der Waals surface area contributed by atoms with E-state index in [9.17, 15) is 22.8 Å². The first-order valence-electron chi connectivity index (χ1n) is 8.12. The van der Waals surface area contributed by atoms with E-state index in [1.165, 1.54) is 0 Å². The van der Waals surface area contributed by atoms with E-state index < -0.39 is 11.9 Å². The van der Waals surface area contributed by atoms with Crippen molar-refractivity contribution >= 4 is 11.8 Å². The lowest BCUT2D eigenvalue weighted by Crippen LogP contribution is -2.51. The van der Waals surface area contributed by atoms with Gasteiger partial charge in [-0.25, -0.2) is 0 Å². The summed E-state index contributed by atoms with van der Waals surface area (Å²) in [5, 5.41) is 3.38. The van der Waals surface area contributed by atoms with Gasteiger partial charge in [-0.15, -0.1) is 0 Å². The highest BCUT2D eigenvalue weighted by atomic mass is 19.4. The molecule has 1 aliphatic rings. The fourth-order valence-electron chi connectivity index (χ4n) is 2.61. The van der Waals surface area contributed by atoms with E-state index in [1.807, 2.05) is 20.8 Å². The normalized spacial score (nSPS) is 16.2. The largest absolute Gasteiger partial charge is 0.435 e. The number of carbonyl (C=O) groups excluding carboxylic acids is 2. The molecular formula is C16H23F3N4O2. The highest BCUT2D eigenvalue weighted by Gasteiger charge is 2.34. The molecule has 1 saturated heterocycles. The number of hydrogen-bond donors (Lipinski definition) is 0. The predicted octanol–water partition coefficient (Wildman–Crippen LogP) is 2.01. The van der Waals surface area contributed by atoms with Crippen LogP contribution in [-0.2, 0) is 22.3 Å². The summed E-state index contributed by atoms with van der Waals surface area (Å²) in [7, 11) is 0. The molecule has 0 spiro atoms. The zero-order valence-electron chi connectivity index (χ0n) is 14.6. The number of halogens is 3. The molecule has 25 heavy (non-hydrogen) atoms. The zero-order chi connectivity index (χ0) is 18.8. The summed E-state index contributed by atoms with van der Waals surface area (Å²) >= 11 is 0. The van der Waals surface area contributed by atoms with Gasteiger partial charge in [0.05, 0.1) is 0 Å². The van der Waals surface area contributed by atoms with E-state index in [0.29, 0.717) is 32.6 Å². The van der Waals surface area contributed by atoms with Crippen LogP contribution >= 0.6 is 0 Å². The predicted molar refractivity (Wildman–Crippen MR) is 84.5 cm³/mol. The molecule has 0 radical (unpaired) electrons. The van der Waals surface area contributed by atoms with Crippen LogP contribution in [0.5, 0.6) is 0 Å². The lowest BCUT2D eigenvalue weighted by Gasteiger charge is -2.36. The Morgan fingerprint density at radius 1 is 1.04 bits per heavy atom. The summed E-state index contributed by atoms with van der Waals surface area (Å²) < 4.78 is 38.6. The van der Waals surface area contributed by atoms with Crippen LogP contribution in [0, 0.1) is 5.41 Å². The Labute approximate surface area is 144 Å². The number of nitrogens with zero attached hydrogens (tertiary/aromatic N) is 4. The summed E-state index contributed by atoms with van der Waals surface area (Å²) in [4.78, 5) is 27.7. The van der Waals surface area contributed by atoms with Gasteiger partial charge >= 0.3 is 6.18 Å². The van der Waals surface area contributed by atoms with Gasteiger partial charge in [0.2, 0.25) is 11.8 Å². The number of rotatable bonds is 3. The minimum Gasteiger partial charge on any atom is -0.339 e. The molecule has 1 fully saturated rings. The molecule has 0 N–H and O–H groups in total. The maximum absolute atomic E-state index is 12.5. The van der Waals surface area contributed by atoms with Gasteiger partial charge in [0.25, 0.3) is 0 Å². The molecule has 2 rings (SSSR count). The molecule has 6 nitrogen and oxygen atoms in total. The first kappa shape index (κ1) is 19.3. The molecule has 0 aromatic carbocycles. The second kappa shape index (κ2) is 7.05. The minimum absolute atomic E-state index is 0.0569. The molecule has 2 heterocycles. The standard InChI is InChI=1S/C16H23F3N4O2/c1-15(2,3)10-13(24)21-6-8-22(9-7-21)14(25)11-23-5-4-12(20-23)16(17,18)19/h4-5H,6-11H2,1-3H3. The number of carbonyl (C=O) groups is 2. The molecule has 0 saturated carbocycles. The summed E-state index contributed by atoms with van der Waals surface area (Å²) in [6.45, 7) is 7.36. The third-order valence-electron chi connectivity index (χ3n) is 3.89. The van der Waals surface area contributed by atoms with Crippen molar-refractivity contribution in [2.24, 2.45) is 5.41 Å². The van der Waals surface area contributed by atoms with Crippen molar-refractivity contribution < 1.29 is 22.8 Å². The van der Waals surface area contributed by atoms with Crippen LogP contribution in [0.4, 0.5) is 13.2 Å². The minimum atomic E-state index is -4.52. The van der Waals surface area contributed by atoms with Gasteiger partial charge in [-0.2, -0.15) is 18.3 Å². The molecule has 1 aliphatic heterocycles. The van der Waals surface area contributed by atoms with Crippen LogP contribution in [0.15, 0.2) is 12.3 Å². The average molecular weight is 360 g/mol. The molecule has 1 aromatic rings. The molecule has 2 amide bonds. The molecule has 140 valence electrons. The quantitative estimate of drug-likeness (QED) is 0.829. The van der Waals surface area contributed by atoms with Crippen molar-refractivity contribution in [1.29, 1.82) is 0 Å². The maximum atomic E-state index is 12.5. The van der Waals surface area contributed by atoms with Crippen LogP contribution in [0.3, 0.4) is 0 Å². The SMILES string of the molecule is CC(C)(C)CC(=O)N1CCN(C(=O)Cn2ccc(C(F)(F)F)n2)CC1. The van der Waals surface area contributed by atoms with Crippen LogP contribution in [0.2, 0.25) is 0 Å². The number of piperazine rings is 1. The summed E-state index contributed by atoms with van der Waals surface area (Å²) in [6.07, 6.45) is -2.94. The Bertz CT molecular complexity index is 626. The number of alkyl halides is 3. The zero-order valence-corrected chi connectivity index (χ0v) is 14.6. The van der Waals surface area contributed by atoms with Gasteiger partial charge in [0.15, 0.2) is 5.69 Å². The lowest BCUT2D eigenvalue weighted by molar-refractivity contribution is -0.142. The van der Waals surface area contributed by atoms with E-state index >= 15 is 0 Å². The molecule has 0 bridgehead atoms. The van der Waals surface area contributed by atoms with Crippen LogP contribution in [0.25, 0.3) is 0 Å². The number of amides is 2. The molecule has 0 unspecified atom stereocenters. The van der Waals surface area contributed by atoms with Gasteiger partial charge in [0.1, 0.15) is 6.54 Å². The Hall–Kier alpha value is -2.06. The molecular weight excluding hydrogens is 337 g/mol. The fraction of sp³-hybridized carbons (Fsp3) is 0.688. The Morgan fingerprint density at radius 3 is 2.00 bits per heavy atom. The molecule has 9 heteroatoms. The van der Waals surface area contributed by atoms with E-state index in [4.69, 9.17) is 0 Å². The average Bonchev–Trinajstić information content (AvgIpc) is 2.94. The van der Waals surface area contributed by atoms with Crippen molar-refractivity contribution in [3.8, 4) is 0 Å². The van der Waals surface area contributed by atoms with Gasteiger partial charge in [-0.1, -0.05) is 20.8 Å². The van der Waals surface area contributed by atoms with Crippen molar-refractivity contribution in [3.63, 3.8) is 0 Å². The topological polar surface area (TPSA) is 58.4 Å². The van der Waals surface area contributed by atoms with Gasteiger partial charge < -0.3 is 9.80 Å². The smallest absolute Gasteiger partial charge is 0.339 e. The van der Waals surface area contributed by atoms with Crippen LogP contribution in [0.1, 0.15) is 32.9 Å². The molecule has 0 atom stereocenters. The highest BCUT2D eigenvalue weighted by Crippen LogP contribution is 2.27. The number of aromatic nitrogens is 2. The van der Waals surface area contributed by atoms with E-state index in [2.05, 4.69) is 5.10 Å². The van der Waals surface area contributed by atoms with Crippen LogP contribution < -0.4 is 0 Å². The Morgan fingerprint density at radius 2 is 1.56 bits per heavy atom. The summed E-state index contributed by atoms with van der Waals surface area (Å²) in [5.41, 5.74) is -1.11. The van der Waals surface area contributed by atoms with E-state index in [-0.39, 0.29) is 23.8 Å². The van der Waals surface area contributed by atoms with E-state index in [1.54, 1.807) is 9.80 Å². The third kappa shape index (κ3) is 5.47. The lowest BCUT2D eigenvalue weighted by atomic mass is 9.91. The van der Waals surface area contributed by atoms with Gasteiger partial charge in [0, 0.05) is 38.8 Å². The van der Waals surface area contributed by atoms with Crippen molar-refractivity contribution in [3.05, 3.63) is 18.0 Å². The highest BCUT2D eigenvalue weighted by molar-refractivity contribution is 5.78. The Balaban J connectivity index is 1.85. The van der Waals surface area contributed by atoms with E-state index in [0.717, 1.165) is 16.9 Å². The second-order valence-corrected chi connectivity index (χ2v) is 7.40. The van der Waals surface area contributed by atoms with Gasteiger partial charge in [-0.3, -0.25) is 14.3 Å². The van der Waals surface area contributed by atoms with Crippen molar-refractivity contribution in [2.45, 2.75) is 39.9 Å². The second-order valence-electron chi connectivity index (χ2n) is 7.40. The first-order valence-corrected chi connectivity index (χ1v) is 8.12. The molecule has 1 aromatic heterocycles. The van der Waals surface area contributed by atoms with Gasteiger partial charge in [-0.05, 0) is 11.5 Å². The monoisotopic (exact) mass is 360 g/mol. The Kier molecular flexibility index (Phi) is 5.43. The van der Waals surface area contributed by atoms with Crippen LogP contribution in [-0.4, -0.2) is 57.6 Å². The fourth-order valence-corrected chi connectivity index (χ4v) is 2.61. The summed E-state index contributed by atoms with van der Waals surface area (Å²) in [5.74, 6) is -0.249.